The molecule has 14 heteroatoms. The average molecular weight is 964 g/mol. The molecule has 4 aromatic rings. The summed E-state index contributed by atoms with van der Waals surface area (Å²) < 4.78 is 0. The second-order valence-electron chi connectivity index (χ2n) is 18.5. The van der Waals surface area contributed by atoms with Crippen molar-refractivity contribution in [1.29, 1.82) is 0 Å². The van der Waals surface area contributed by atoms with Gasteiger partial charge in [-0.05, 0) is 71.2 Å². The van der Waals surface area contributed by atoms with Crippen LogP contribution in [0, 0.1) is 48.5 Å². The first-order chi connectivity index (χ1) is 26.7. The maximum atomic E-state index is 2.48. The van der Waals surface area contributed by atoms with Crippen molar-refractivity contribution >= 4 is 80.0 Å². The summed E-state index contributed by atoms with van der Waals surface area (Å²) in [6.07, 6.45) is 0. The van der Waals surface area contributed by atoms with Crippen molar-refractivity contribution < 1.29 is 58.9 Å². The van der Waals surface area contributed by atoms with E-state index in [1.807, 2.05) is 0 Å². The molecular weight excluding hydrogens is 885 g/mol. The molecule has 4 aromatic carbocycles. The smallest absolute Gasteiger partial charge is 1.00 e. The minimum absolute atomic E-state index is 0. The van der Waals surface area contributed by atoms with Gasteiger partial charge in [0.25, 0.3) is 0 Å². The first-order valence-corrected chi connectivity index (χ1v) is 22.5. The van der Waals surface area contributed by atoms with E-state index in [1.54, 1.807) is 0 Å². The normalized spacial score (nSPS) is 10.8. The number of benzene rings is 3. The molecular formula is C48H78Cl3N9SiTi. The Bertz CT molecular complexity index is 1970. The number of hydrogen-bond donors (Lipinski definition) is 0. The van der Waals surface area contributed by atoms with E-state index in [9.17, 15) is 0 Å². The molecule has 0 radical (unpaired) electrons. The van der Waals surface area contributed by atoms with Gasteiger partial charge in [0, 0.05) is 178 Å². The zero-order chi connectivity index (χ0) is 44.4. The number of nitrogens with zero attached hydrogens (tertiary/aromatic N) is 9. The third-order valence-corrected chi connectivity index (χ3v) is 17.9. The summed E-state index contributed by atoms with van der Waals surface area (Å²) in [6, 6.07) is 7.43. The first kappa shape index (κ1) is 59.0. The Morgan fingerprint density at radius 3 is 0.726 bits per heavy atom. The van der Waals surface area contributed by atoms with Gasteiger partial charge in [-0.1, -0.05) is 27.7 Å². The predicted octanol–water partition coefficient (Wildman–Crippen LogP) is -3.45. The van der Waals surface area contributed by atoms with Gasteiger partial charge >= 0.3 is 21.7 Å². The van der Waals surface area contributed by atoms with Gasteiger partial charge in [-0.2, -0.15) is 27.4 Å². The van der Waals surface area contributed by atoms with Crippen molar-refractivity contribution in [2.24, 2.45) is 0 Å². The van der Waals surface area contributed by atoms with Crippen LogP contribution < -0.4 is 102 Å². The standard InChI is InChI=1S/C48H78N9Si.3ClH.Ti/c1-29-30(2)32(4)45(31(29)3)58(46-39(52(14)15)26-36(49(8)9)33(5)42(46)55(20)21,47-40(53(16)17)27-37(50(10)11)34(6)43(47)56(22)23)48-41(54(18)19)28-38(51(12)13)35(7)44(48)57(24)25;;;;/h26-28H,1-25H3;3*1H;/q-1;;;;+4/p-3. The fourth-order valence-corrected chi connectivity index (χ4v) is 17.3. The molecule has 0 heterocycles. The quantitative estimate of drug-likeness (QED) is 0.0773. The number of rotatable bonds is 13. The number of halogens is 3. The van der Waals surface area contributed by atoms with Crippen molar-refractivity contribution in [3.05, 3.63) is 57.1 Å². The molecule has 0 saturated heterocycles. The fraction of sp³-hybridized carbons (Fsp3) is 0.521. The zero-order valence-corrected chi connectivity index (χ0v) is 47.7. The van der Waals surface area contributed by atoms with Crippen molar-refractivity contribution in [1.82, 2.24) is 0 Å². The van der Waals surface area contributed by atoms with Crippen LogP contribution in [0.5, 0.6) is 0 Å². The molecule has 0 aliphatic carbocycles. The molecule has 0 amide bonds. The van der Waals surface area contributed by atoms with Crippen LogP contribution in [0.1, 0.15) is 38.9 Å². The number of anilines is 9. The minimum Gasteiger partial charge on any atom is -1.00 e. The van der Waals surface area contributed by atoms with Crippen molar-refractivity contribution in [3.8, 4) is 0 Å². The largest absolute Gasteiger partial charge is 4.00 e. The topological polar surface area (TPSA) is 29.2 Å². The van der Waals surface area contributed by atoms with E-state index in [0.29, 0.717) is 0 Å². The van der Waals surface area contributed by atoms with E-state index in [0.717, 1.165) is 0 Å². The molecule has 0 aliphatic rings. The monoisotopic (exact) mass is 961 g/mol. The Morgan fingerprint density at radius 2 is 0.565 bits per heavy atom. The van der Waals surface area contributed by atoms with E-state index in [-0.39, 0.29) is 58.9 Å². The van der Waals surface area contributed by atoms with Crippen LogP contribution in [0.3, 0.4) is 0 Å². The maximum Gasteiger partial charge on any atom is 4.00 e. The van der Waals surface area contributed by atoms with Gasteiger partial charge in [-0.15, -0.1) is 0 Å². The van der Waals surface area contributed by atoms with E-state index in [1.165, 1.54) is 111 Å². The third kappa shape index (κ3) is 9.53. The first-order valence-electron chi connectivity index (χ1n) is 20.5. The molecule has 0 fully saturated rings. The molecule has 0 N–H and O–H groups in total. The minimum atomic E-state index is -3.62. The zero-order valence-electron chi connectivity index (χ0n) is 42.9. The summed E-state index contributed by atoms with van der Waals surface area (Å²) >= 11 is 0. The van der Waals surface area contributed by atoms with Crippen molar-refractivity contribution in [2.75, 3.05) is 171 Å². The molecule has 0 saturated carbocycles. The van der Waals surface area contributed by atoms with Crippen LogP contribution in [0.25, 0.3) is 0 Å². The second-order valence-corrected chi connectivity index (χ2v) is 22.0. The van der Waals surface area contributed by atoms with Gasteiger partial charge in [-0.3, -0.25) is 0 Å². The predicted molar refractivity (Wildman–Crippen MR) is 268 cm³/mol. The van der Waals surface area contributed by atoms with Crippen LogP contribution in [0.4, 0.5) is 51.2 Å². The Morgan fingerprint density at radius 1 is 0.339 bits per heavy atom. The summed E-state index contributed by atoms with van der Waals surface area (Å²) in [5.41, 5.74) is 20.6. The molecule has 0 aliphatic heterocycles. The van der Waals surface area contributed by atoms with E-state index in [4.69, 9.17) is 0 Å². The third-order valence-electron chi connectivity index (χ3n) is 12.7. The molecule has 0 bridgehead atoms. The fourth-order valence-electron chi connectivity index (χ4n) is 9.99. The van der Waals surface area contributed by atoms with Crippen molar-refractivity contribution in [2.45, 2.75) is 48.5 Å². The summed E-state index contributed by atoms with van der Waals surface area (Å²) in [4.78, 5) is 21.3. The molecule has 9 nitrogen and oxygen atoms in total. The average Bonchev–Trinajstić information content (AvgIpc) is 3.29. The SMILES string of the molecule is Cc1c(N(C)C)cc(N(C)C)c([Si](c2c(N(C)C)cc(N(C)C)c(C)c2N(C)C)(c2c(N(C)C)cc(N(C)C)c(C)c2N(C)C)c2c(C)c(C)c(C)[c-]2C)c1N(C)C.[Cl-].[Cl-].[Cl-].[Ti+4]. The van der Waals surface area contributed by atoms with Crippen LogP contribution in [0.2, 0.25) is 0 Å². The Labute approximate surface area is 412 Å². The van der Waals surface area contributed by atoms with Gasteiger partial charge in [-0.25, -0.2) is 0 Å². The van der Waals surface area contributed by atoms with Crippen LogP contribution in [0.15, 0.2) is 18.2 Å². The van der Waals surface area contributed by atoms with Crippen LogP contribution in [-0.2, 0) is 21.7 Å². The van der Waals surface area contributed by atoms with Gasteiger partial charge in [0.15, 0.2) is 8.07 Å². The summed E-state index contributed by atoms with van der Waals surface area (Å²) in [7, 11) is 36.5. The summed E-state index contributed by atoms with van der Waals surface area (Å²) in [6.45, 7) is 16.5. The van der Waals surface area contributed by atoms with Gasteiger partial charge in [0.05, 0.1) is 0 Å². The summed E-state index contributed by atoms with van der Waals surface area (Å²) in [5.74, 6) is 0. The van der Waals surface area contributed by atoms with E-state index in [2.05, 4.69) is 238 Å². The number of hydrogen-bond acceptors (Lipinski definition) is 9. The van der Waals surface area contributed by atoms with Gasteiger partial charge in [0.2, 0.25) is 0 Å². The summed E-state index contributed by atoms with van der Waals surface area (Å²) in [5, 5.41) is 5.71. The van der Waals surface area contributed by atoms with Crippen LogP contribution in [-0.4, -0.2) is 135 Å². The van der Waals surface area contributed by atoms with E-state index < -0.39 is 8.07 Å². The van der Waals surface area contributed by atoms with E-state index >= 15 is 0 Å². The molecule has 62 heavy (non-hydrogen) atoms. The molecule has 0 spiro atoms. The molecule has 0 unspecified atom stereocenters. The molecule has 0 aromatic heterocycles. The molecule has 4 rings (SSSR count). The Balaban J connectivity index is 0.00000930. The molecule has 344 valence electrons. The Kier molecular flexibility index (Phi) is 20.7. The van der Waals surface area contributed by atoms with Gasteiger partial charge in [0.1, 0.15) is 0 Å². The van der Waals surface area contributed by atoms with Crippen molar-refractivity contribution in [3.63, 3.8) is 0 Å². The molecule has 0 atom stereocenters. The maximum absolute atomic E-state index is 3.62. The van der Waals surface area contributed by atoms with Crippen LogP contribution >= 0.6 is 0 Å². The Hall–Kier alpha value is -2.99. The second kappa shape index (κ2) is 21.8. The van der Waals surface area contributed by atoms with Gasteiger partial charge < -0.3 is 81.3 Å².